The highest BCUT2D eigenvalue weighted by molar-refractivity contribution is 9.10. The number of ether oxygens (including phenoxy) is 1. The average molecular weight is 453 g/mol. The van der Waals surface area contributed by atoms with Crippen molar-refractivity contribution in [1.82, 2.24) is 4.90 Å². The summed E-state index contributed by atoms with van der Waals surface area (Å²) in [6.45, 7) is 2.42. The van der Waals surface area contributed by atoms with Gasteiger partial charge in [-0.05, 0) is 64.0 Å². The lowest BCUT2D eigenvalue weighted by molar-refractivity contribution is -0.121. The number of nitrogens with zero attached hydrogens (tertiary/aromatic N) is 1. The molecular formula is C19H15BrClNO3S. The molecule has 7 heteroatoms. The first-order valence-corrected chi connectivity index (χ1v) is 9.73. The Morgan fingerprint density at radius 1 is 1.27 bits per heavy atom. The number of hydrogen-bond acceptors (Lipinski definition) is 4. The Kier molecular flexibility index (Phi) is 5.75. The fourth-order valence-corrected chi connectivity index (χ4v) is 4.27. The van der Waals surface area contributed by atoms with Crippen molar-refractivity contribution >= 4 is 56.5 Å². The van der Waals surface area contributed by atoms with Gasteiger partial charge >= 0.3 is 0 Å². The number of halogens is 2. The van der Waals surface area contributed by atoms with Crippen LogP contribution < -0.4 is 4.74 Å². The van der Waals surface area contributed by atoms with Crippen LogP contribution in [0.15, 0.2) is 45.8 Å². The van der Waals surface area contributed by atoms with E-state index < -0.39 is 0 Å². The van der Waals surface area contributed by atoms with Crippen molar-refractivity contribution in [3.63, 3.8) is 0 Å². The van der Waals surface area contributed by atoms with Gasteiger partial charge < -0.3 is 4.74 Å². The molecule has 3 rings (SSSR count). The van der Waals surface area contributed by atoms with Crippen molar-refractivity contribution in [3.8, 4) is 5.75 Å². The number of aryl methyl sites for hydroxylation is 1. The molecule has 0 N–H and O–H groups in total. The van der Waals surface area contributed by atoms with E-state index in [0.29, 0.717) is 32.3 Å². The van der Waals surface area contributed by atoms with E-state index in [0.717, 1.165) is 27.8 Å². The number of imide groups is 1. The van der Waals surface area contributed by atoms with Crippen molar-refractivity contribution in [2.45, 2.75) is 13.5 Å². The highest BCUT2D eigenvalue weighted by Crippen LogP contribution is 2.37. The lowest BCUT2D eigenvalue weighted by atomic mass is 10.1. The second-order valence-corrected chi connectivity index (χ2v) is 8.09. The molecular weight excluding hydrogens is 438 g/mol. The predicted octanol–water partition coefficient (Wildman–Crippen LogP) is 5.66. The summed E-state index contributed by atoms with van der Waals surface area (Å²) in [5.74, 6) is 0.223. The van der Waals surface area contributed by atoms with Gasteiger partial charge in [0.15, 0.2) is 5.75 Å². The Morgan fingerprint density at radius 3 is 2.65 bits per heavy atom. The lowest BCUT2D eigenvalue weighted by Crippen LogP contribution is -2.22. The zero-order valence-corrected chi connectivity index (χ0v) is 17.2. The second-order valence-electron chi connectivity index (χ2n) is 5.83. The van der Waals surface area contributed by atoms with Crippen LogP contribution in [-0.4, -0.2) is 23.1 Å². The maximum atomic E-state index is 12.0. The first-order valence-electron chi connectivity index (χ1n) is 7.74. The van der Waals surface area contributed by atoms with Crippen molar-refractivity contribution in [1.29, 1.82) is 0 Å². The molecule has 1 aliphatic rings. The largest absolute Gasteiger partial charge is 0.486 e. The molecule has 0 spiro atoms. The minimum atomic E-state index is -0.313. The number of amides is 2. The Bertz CT molecular complexity index is 906. The van der Waals surface area contributed by atoms with E-state index in [1.165, 1.54) is 7.05 Å². The molecule has 134 valence electrons. The summed E-state index contributed by atoms with van der Waals surface area (Å²) in [7, 11) is 1.46. The first kappa shape index (κ1) is 19.0. The van der Waals surface area contributed by atoms with E-state index in [2.05, 4.69) is 22.0 Å². The monoisotopic (exact) mass is 451 g/mol. The Labute approximate surface area is 169 Å². The summed E-state index contributed by atoms with van der Waals surface area (Å²) in [4.78, 5) is 25.0. The van der Waals surface area contributed by atoms with Crippen LogP contribution in [0.25, 0.3) is 6.08 Å². The number of carbonyl (C=O) groups is 2. The van der Waals surface area contributed by atoms with Gasteiger partial charge in [0, 0.05) is 7.05 Å². The molecule has 0 radical (unpaired) electrons. The fraction of sp³-hybridized carbons (Fsp3) is 0.158. The lowest BCUT2D eigenvalue weighted by Gasteiger charge is -2.12. The summed E-state index contributed by atoms with van der Waals surface area (Å²) in [5, 5.41) is 0.138. The van der Waals surface area contributed by atoms with E-state index in [9.17, 15) is 9.59 Å². The summed E-state index contributed by atoms with van der Waals surface area (Å²) in [6.07, 6.45) is 1.65. The highest BCUT2D eigenvalue weighted by Gasteiger charge is 2.31. The molecule has 1 heterocycles. The molecule has 1 aliphatic heterocycles. The summed E-state index contributed by atoms with van der Waals surface area (Å²) < 4.78 is 6.54. The van der Waals surface area contributed by atoms with Crippen LogP contribution in [0.1, 0.15) is 16.7 Å². The smallest absolute Gasteiger partial charge is 0.293 e. The maximum Gasteiger partial charge on any atom is 0.293 e. The number of hydrogen-bond donors (Lipinski definition) is 0. The number of rotatable bonds is 4. The minimum Gasteiger partial charge on any atom is -0.486 e. The average Bonchev–Trinajstić information content (AvgIpc) is 2.81. The molecule has 2 aromatic rings. The quantitative estimate of drug-likeness (QED) is 0.562. The second kappa shape index (κ2) is 7.86. The first-order chi connectivity index (χ1) is 12.3. The molecule has 0 saturated carbocycles. The number of carbonyl (C=O) groups excluding carboxylic acids is 2. The van der Waals surface area contributed by atoms with Gasteiger partial charge in [0.25, 0.3) is 11.1 Å². The molecule has 2 amide bonds. The van der Waals surface area contributed by atoms with Crippen LogP contribution in [-0.2, 0) is 11.4 Å². The van der Waals surface area contributed by atoms with E-state index in [1.807, 2.05) is 25.1 Å². The number of benzene rings is 2. The normalized spacial score (nSPS) is 15.8. The van der Waals surface area contributed by atoms with Crippen LogP contribution in [0.4, 0.5) is 4.79 Å². The van der Waals surface area contributed by atoms with Crippen LogP contribution in [0.5, 0.6) is 5.75 Å². The van der Waals surface area contributed by atoms with E-state index >= 15 is 0 Å². The third kappa shape index (κ3) is 4.14. The Balaban J connectivity index is 1.80. The zero-order valence-electron chi connectivity index (χ0n) is 14.1. The molecule has 0 atom stereocenters. The highest BCUT2D eigenvalue weighted by atomic mass is 79.9. The number of likely N-dealkylation sites (N-methyl/N-ethyl adjacent to an activating group) is 1. The van der Waals surface area contributed by atoms with Gasteiger partial charge in [-0.25, -0.2) is 0 Å². The third-order valence-corrected chi connectivity index (χ3v) is 5.60. The van der Waals surface area contributed by atoms with Gasteiger partial charge in [-0.1, -0.05) is 41.4 Å². The Morgan fingerprint density at radius 2 is 2.04 bits per heavy atom. The van der Waals surface area contributed by atoms with Crippen LogP contribution in [0.2, 0.25) is 5.02 Å². The molecule has 0 aliphatic carbocycles. The van der Waals surface area contributed by atoms with Gasteiger partial charge in [-0.15, -0.1) is 0 Å². The van der Waals surface area contributed by atoms with Gasteiger partial charge in [-0.2, -0.15) is 0 Å². The summed E-state index contributed by atoms with van der Waals surface area (Å²) >= 11 is 10.7. The molecule has 1 fully saturated rings. The van der Waals surface area contributed by atoms with E-state index in [1.54, 1.807) is 18.2 Å². The van der Waals surface area contributed by atoms with Crippen molar-refractivity contribution in [3.05, 3.63) is 67.5 Å². The number of thioether (sulfide) groups is 1. The van der Waals surface area contributed by atoms with Gasteiger partial charge in [-0.3, -0.25) is 14.5 Å². The van der Waals surface area contributed by atoms with Gasteiger partial charge in [0.2, 0.25) is 0 Å². The topological polar surface area (TPSA) is 46.6 Å². The molecule has 4 nitrogen and oxygen atoms in total. The van der Waals surface area contributed by atoms with Crippen LogP contribution >= 0.6 is 39.3 Å². The molecule has 1 saturated heterocycles. The van der Waals surface area contributed by atoms with Gasteiger partial charge in [0.1, 0.15) is 6.61 Å². The predicted molar refractivity (Wildman–Crippen MR) is 108 cm³/mol. The van der Waals surface area contributed by atoms with E-state index in [4.69, 9.17) is 16.3 Å². The minimum absolute atomic E-state index is 0.287. The molecule has 0 aromatic heterocycles. The third-order valence-electron chi connectivity index (χ3n) is 3.77. The molecule has 0 unspecified atom stereocenters. The molecule has 0 bridgehead atoms. The van der Waals surface area contributed by atoms with E-state index in [-0.39, 0.29) is 11.1 Å². The maximum absolute atomic E-state index is 12.0. The van der Waals surface area contributed by atoms with Crippen LogP contribution in [0, 0.1) is 6.92 Å². The van der Waals surface area contributed by atoms with Crippen molar-refractivity contribution < 1.29 is 14.3 Å². The zero-order chi connectivity index (χ0) is 18.8. The molecule has 2 aromatic carbocycles. The summed E-state index contributed by atoms with van der Waals surface area (Å²) in [6, 6.07) is 11.6. The standard InChI is InChI=1S/C19H15BrClNO3S/c1-11-4-3-5-12(6-11)10-25-17-14(20)7-13(8-15(17)21)9-16-18(23)22(2)19(24)26-16/h3-9H,10H2,1-2H3/b16-9-. The fourth-order valence-electron chi connectivity index (χ4n) is 2.46. The van der Waals surface area contributed by atoms with Gasteiger partial charge in [0.05, 0.1) is 14.4 Å². The Hall–Kier alpha value is -1.76. The molecule has 26 heavy (non-hydrogen) atoms. The summed E-state index contributed by atoms with van der Waals surface area (Å²) in [5.41, 5.74) is 2.92. The van der Waals surface area contributed by atoms with Crippen molar-refractivity contribution in [2.24, 2.45) is 0 Å². The SMILES string of the molecule is Cc1cccc(COc2c(Cl)cc(/C=C3\SC(=O)N(C)C3=O)cc2Br)c1. The van der Waals surface area contributed by atoms with Crippen molar-refractivity contribution in [2.75, 3.05) is 7.05 Å². The van der Waals surface area contributed by atoms with Crippen LogP contribution in [0.3, 0.4) is 0 Å².